The minimum absolute atomic E-state index is 0.00548. The number of aromatic nitrogens is 3. The number of hydrogen-bond donors (Lipinski definition) is 3. The monoisotopic (exact) mass is 607 g/mol. The lowest BCUT2D eigenvalue weighted by molar-refractivity contribution is -0.138. The van der Waals surface area contributed by atoms with Crippen LogP contribution in [0.5, 0.6) is 5.88 Å². The molecule has 0 fully saturated rings. The predicted octanol–water partition coefficient (Wildman–Crippen LogP) is 5.30. The van der Waals surface area contributed by atoms with Crippen LogP contribution < -0.4 is 10.1 Å². The summed E-state index contributed by atoms with van der Waals surface area (Å²) in [5.41, 5.74) is 8.63. The van der Waals surface area contributed by atoms with Gasteiger partial charge >= 0.3 is 5.97 Å². The van der Waals surface area contributed by atoms with Crippen LogP contribution in [0.15, 0.2) is 66.9 Å². The Morgan fingerprint density at radius 3 is 2.64 bits per heavy atom. The number of carboxylic acids is 1. The van der Waals surface area contributed by atoms with E-state index >= 15 is 0 Å². The lowest BCUT2D eigenvalue weighted by Crippen LogP contribution is -2.40. The second kappa shape index (κ2) is 12.6. The van der Waals surface area contributed by atoms with Gasteiger partial charge in [0.1, 0.15) is 17.5 Å². The van der Waals surface area contributed by atoms with Crippen molar-refractivity contribution in [3.05, 3.63) is 94.8 Å². The van der Waals surface area contributed by atoms with E-state index in [0.29, 0.717) is 18.8 Å². The zero-order valence-electron chi connectivity index (χ0n) is 25.7. The standard InChI is InChI=1S/C35H37N5O5/c1-4-29-26(22-15-17-39(18-16-22)33(42)21(2)41)12-14-31(37-29)38-30-13-11-23-7-6-10-27(32(23)30)24-8-5-9-25(19-24)40-34(45-3)28(20-36-40)35(43)44/h5-10,12,14-15,19-21,30,41H,4,11,13,16-18H2,1-3H3,(H,37,38)(H,43,44). The minimum Gasteiger partial charge on any atom is -0.480 e. The van der Waals surface area contributed by atoms with Crippen LogP contribution in [0.4, 0.5) is 5.82 Å². The smallest absolute Gasteiger partial charge is 0.342 e. The number of carboxylic acid groups (broad SMARTS) is 1. The number of anilines is 1. The molecule has 3 heterocycles. The quantitative estimate of drug-likeness (QED) is 0.234. The normalized spacial score (nSPS) is 16.6. The number of nitrogens with one attached hydrogen (secondary N) is 1. The van der Waals surface area contributed by atoms with E-state index in [9.17, 15) is 19.8 Å². The Labute approximate surface area is 262 Å². The van der Waals surface area contributed by atoms with Gasteiger partial charge in [-0.15, -0.1) is 0 Å². The highest BCUT2D eigenvalue weighted by Crippen LogP contribution is 2.41. The van der Waals surface area contributed by atoms with E-state index in [1.807, 2.05) is 24.3 Å². The third-order valence-corrected chi connectivity index (χ3v) is 8.65. The summed E-state index contributed by atoms with van der Waals surface area (Å²) in [5.74, 6) is -0.339. The van der Waals surface area contributed by atoms with Crippen molar-refractivity contribution in [2.24, 2.45) is 0 Å². The molecule has 0 radical (unpaired) electrons. The second-order valence-corrected chi connectivity index (χ2v) is 11.4. The molecule has 2 aliphatic rings. The van der Waals surface area contributed by atoms with Crippen molar-refractivity contribution in [3.63, 3.8) is 0 Å². The molecule has 0 saturated heterocycles. The molecule has 3 N–H and O–H groups in total. The fourth-order valence-corrected chi connectivity index (χ4v) is 6.45. The van der Waals surface area contributed by atoms with Gasteiger partial charge in [-0.25, -0.2) is 14.5 Å². The summed E-state index contributed by atoms with van der Waals surface area (Å²) < 4.78 is 6.91. The number of methoxy groups -OCH3 is 1. The summed E-state index contributed by atoms with van der Waals surface area (Å²) in [6, 6.07) is 18.5. The Kier molecular flexibility index (Phi) is 8.40. The topological polar surface area (TPSA) is 130 Å². The third-order valence-electron chi connectivity index (χ3n) is 8.65. The number of fused-ring (bicyclic) bond motifs is 1. The lowest BCUT2D eigenvalue weighted by atomic mass is 9.94. The van der Waals surface area contributed by atoms with Crippen LogP contribution in [0, 0.1) is 0 Å². The summed E-state index contributed by atoms with van der Waals surface area (Å²) >= 11 is 0. The molecule has 2 aromatic carbocycles. The number of pyridine rings is 1. The molecule has 1 amide bonds. The van der Waals surface area contributed by atoms with Crippen LogP contribution in [0.2, 0.25) is 0 Å². The maximum Gasteiger partial charge on any atom is 0.342 e. The molecule has 10 nitrogen and oxygen atoms in total. The first-order valence-corrected chi connectivity index (χ1v) is 15.3. The summed E-state index contributed by atoms with van der Waals surface area (Å²) in [4.78, 5) is 30.6. The molecule has 2 aromatic heterocycles. The number of aryl methyl sites for hydroxylation is 2. The number of aliphatic hydroxyl groups is 1. The van der Waals surface area contributed by atoms with Gasteiger partial charge < -0.3 is 25.2 Å². The number of benzene rings is 2. The highest BCUT2D eigenvalue weighted by atomic mass is 16.5. The molecule has 2 atom stereocenters. The first-order chi connectivity index (χ1) is 21.8. The maximum atomic E-state index is 12.2. The first-order valence-electron chi connectivity index (χ1n) is 15.3. The van der Waals surface area contributed by atoms with Gasteiger partial charge in [0, 0.05) is 13.1 Å². The lowest BCUT2D eigenvalue weighted by Gasteiger charge is -2.28. The molecule has 2 unspecified atom stereocenters. The molecule has 10 heteroatoms. The molecule has 6 rings (SSSR count). The zero-order valence-corrected chi connectivity index (χ0v) is 25.7. The van der Waals surface area contributed by atoms with Gasteiger partial charge in [-0.1, -0.05) is 43.3 Å². The zero-order chi connectivity index (χ0) is 31.7. The third kappa shape index (κ3) is 5.81. The van der Waals surface area contributed by atoms with Gasteiger partial charge in [-0.05, 0) is 90.3 Å². The van der Waals surface area contributed by atoms with E-state index in [1.54, 1.807) is 4.90 Å². The van der Waals surface area contributed by atoms with E-state index < -0.39 is 12.1 Å². The van der Waals surface area contributed by atoms with Crippen LogP contribution in [0.1, 0.15) is 65.5 Å². The van der Waals surface area contributed by atoms with Gasteiger partial charge in [0.25, 0.3) is 5.91 Å². The van der Waals surface area contributed by atoms with Crippen LogP contribution in [-0.2, 0) is 17.6 Å². The molecule has 45 heavy (non-hydrogen) atoms. The molecular weight excluding hydrogens is 570 g/mol. The largest absolute Gasteiger partial charge is 0.480 e. The SMILES string of the molecule is CCc1nc(NC2CCc3cccc(-c4cccc(-n5ncc(C(=O)O)c5OC)c4)c32)ccc1C1=CCN(C(=O)C(C)O)CC1. The van der Waals surface area contributed by atoms with E-state index in [2.05, 4.69) is 53.7 Å². The van der Waals surface area contributed by atoms with Crippen LogP contribution in [-0.4, -0.2) is 68.1 Å². The van der Waals surface area contributed by atoms with Crippen molar-refractivity contribution in [1.29, 1.82) is 0 Å². The fraction of sp³-hybridized carbons (Fsp3) is 0.314. The maximum absolute atomic E-state index is 12.2. The minimum atomic E-state index is -1.09. The van der Waals surface area contributed by atoms with Gasteiger partial charge in [0.05, 0.1) is 30.7 Å². The van der Waals surface area contributed by atoms with Crippen LogP contribution in [0.3, 0.4) is 0 Å². The molecule has 0 spiro atoms. The van der Waals surface area contributed by atoms with Crippen LogP contribution >= 0.6 is 0 Å². The van der Waals surface area contributed by atoms with Gasteiger partial charge in [-0.3, -0.25) is 4.79 Å². The average molecular weight is 608 g/mol. The van der Waals surface area contributed by atoms with E-state index in [-0.39, 0.29) is 23.4 Å². The number of carbonyl (C=O) groups excluding carboxylic acids is 1. The van der Waals surface area contributed by atoms with E-state index in [1.165, 1.54) is 41.6 Å². The highest BCUT2D eigenvalue weighted by molar-refractivity contribution is 5.90. The number of rotatable bonds is 9. The molecule has 4 aromatic rings. The summed E-state index contributed by atoms with van der Waals surface area (Å²) in [5, 5.41) is 27.2. The number of aromatic carboxylic acids is 1. The number of hydrogen-bond acceptors (Lipinski definition) is 7. The summed E-state index contributed by atoms with van der Waals surface area (Å²) in [7, 11) is 1.44. The van der Waals surface area contributed by atoms with Gasteiger partial charge in [0.2, 0.25) is 5.88 Å². The molecule has 1 aliphatic carbocycles. The number of amides is 1. The van der Waals surface area contributed by atoms with Gasteiger partial charge in [0.15, 0.2) is 0 Å². The molecule has 232 valence electrons. The summed E-state index contributed by atoms with van der Waals surface area (Å²) in [6.45, 7) is 4.67. The molecule has 0 saturated carbocycles. The average Bonchev–Trinajstić information content (AvgIpc) is 3.69. The van der Waals surface area contributed by atoms with E-state index in [4.69, 9.17) is 9.72 Å². The number of nitrogens with zero attached hydrogens (tertiary/aromatic N) is 4. The van der Waals surface area contributed by atoms with Crippen molar-refractivity contribution in [2.75, 3.05) is 25.5 Å². The van der Waals surface area contributed by atoms with Crippen molar-refractivity contribution < 1.29 is 24.5 Å². The Morgan fingerprint density at radius 2 is 1.93 bits per heavy atom. The van der Waals surface area contributed by atoms with E-state index in [0.717, 1.165) is 53.9 Å². The molecule has 0 bridgehead atoms. The van der Waals surface area contributed by atoms with Gasteiger partial charge in [-0.2, -0.15) is 5.10 Å². The van der Waals surface area contributed by atoms with Crippen molar-refractivity contribution >= 4 is 23.3 Å². The highest BCUT2D eigenvalue weighted by Gasteiger charge is 2.27. The Hall–Kier alpha value is -4.96. The molecular formula is C35H37N5O5. The predicted molar refractivity (Wildman–Crippen MR) is 172 cm³/mol. The summed E-state index contributed by atoms with van der Waals surface area (Å²) in [6.07, 6.45) is 5.76. The molecule has 1 aliphatic heterocycles. The Bertz CT molecular complexity index is 1790. The van der Waals surface area contributed by atoms with Crippen molar-refractivity contribution in [1.82, 2.24) is 19.7 Å². The number of carbonyl (C=O) groups is 2. The Morgan fingerprint density at radius 1 is 1.11 bits per heavy atom. The fourth-order valence-electron chi connectivity index (χ4n) is 6.45. The number of aliphatic hydroxyl groups excluding tert-OH is 1. The van der Waals surface area contributed by atoms with Crippen LogP contribution in [0.25, 0.3) is 22.4 Å². The number of ether oxygens (including phenoxy) is 1. The van der Waals surface area contributed by atoms with Crippen molar-refractivity contribution in [3.8, 4) is 22.7 Å². The first kappa shape index (κ1) is 30.1. The second-order valence-electron chi connectivity index (χ2n) is 11.4. The van der Waals surface area contributed by atoms with Crippen molar-refractivity contribution in [2.45, 2.75) is 51.7 Å². The Balaban J connectivity index is 1.27.